The van der Waals surface area contributed by atoms with Crippen LogP contribution in [-0.2, 0) is 4.74 Å². The third kappa shape index (κ3) is 5.74. The summed E-state index contributed by atoms with van der Waals surface area (Å²) in [5.74, 6) is 2.98. The van der Waals surface area contributed by atoms with E-state index >= 15 is 0 Å². The van der Waals surface area contributed by atoms with Gasteiger partial charge in [0, 0.05) is 66.7 Å². The molecule has 5 rings (SSSR count). The Morgan fingerprint density at radius 1 is 0.917 bits per heavy atom. The number of para-hydroxylation sites is 1. The van der Waals surface area contributed by atoms with Gasteiger partial charge in [-0.15, -0.1) is 0 Å². The maximum absolute atomic E-state index is 6.33. The summed E-state index contributed by atoms with van der Waals surface area (Å²) in [6, 6.07) is 18.4. The van der Waals surface area contributed by atoms with Crippen LogP contribution in [0.3, 0.4) is 0 Å². The second-order valence-electron chi connectivity index (χ2n) is 9.27. The summed E-state index contributed by atoms with van der Waals surface area (Å²) in [5.41, 5.74) is 2.21. The van der Waals surface area contributed by atoms with Crippen molar-refractivity contribution < 1.29 is 14.2 Å². The third-order valence-electron chi connectivity index (χ3n) is 6.55. The molecule has 36 heavy (non-hydrogen) atoms. The molecule has 0 spiro atoms. The van der Waals surface area contributed by atoms with Gasteiger partial charge in [-0.1, -0.05) is 32.0 Å². The van der Waals surface area contributed by atoms with Gasteiger partial charge in [0.25, 0.3) is 0 Å². The van der Waals surface area contributed by atoms with E-state index in [2.05, 4.69) is 59.0 Å². The van der Waals surface area contributed by atoms with Gasteiger partial charge >= 0.3 is 0 Å². The molecule has 190 valence electrons. The third-order valence-corrected chi connectivity index (χ3v) is 6.55. The van der Waals surface area contributed by atoms with Gasteiger partial charge in [0.2, 0.25) is 5.88 Å². The Morgan fingerprint density at radius 2 is 1.69 bits per heavy atom. The molecule has 0 saturated carbocycles. The van der Waals surface area contributed by atoms with Crippen LogP contribution in [0.2, 0.25) is 0 Å². The monoisotopic (exact) mass is 488 g/mol. The number of hydrogen-bond acceptors (Lipinski definition) is 6. The largest absolute Gasteiger partial charge is 0.492 e. The molecule has 0 radical (unpaired) electrons. The molecule has 1 fully saturated rings. The van der Waals surface area contributed by atoms with E-state index in [9.17, 15) is 0 Å². The summed E-state index contributed by atoms with van der Waals surface area (Å²) in [6.45, 7) is 11.3. The first-order valence-electron chi connectivity index (χ1n) is 13.1. The Hall–Kier alpha value is -3.29. The summed E-state index contributed by atoms with van der Waals surface area (Å²) in [5, 5.41) is 2.32. The molecule has 0 unspecified atom stereocenters. The molecule has 0 aliphatic carbocycles. The van der Waals surface area contributed by atoms with E-state index in [0.29, 0.717) is 12.5 Å². The van der Waals surface area contributed by atoms with Crippen molar-refractivity contribution in [2.45, 2.75) is 26.7 Å². The van der Waals surface area contributed by atoms with E-state index in [1.54, 1.807) is 0 Å². The number of anilines is 1. The topological polar surface area (TPSA) is 62.9 Å². The number of fused-ring (bicyclic) bond motifs is 3. The molecular weight excluding hydrogens is 452 g/mol. The lowest BCUT2D eigenvalue weighted by Gasteiger charge is -2.26. The number of ether oxygens (including phenoxy) is 3. The highest BCUT2D eigenvalue weighted by atomic mass is 16.5. The van der Waals surface area contributed by atoms with Crippen molar-refractivity contribution >= 4 is 27.6 Å². The fraction of sp³-hybridized carbons (Fsp3) is 0.414. The summed E-state index contributed by atoms with van der Waals surface area (Å²) in [6.07, 6.45) is 2.11. The molecule has 0 atom stereocenters. The molecule has 1 saturated heterocycles. The van der Waals surface area contributed by atoms with Crippen molar-refractivity contribution in [2.75, 3.05) is 57.4 Å². The maximum Gasteiger partial charge on any atom is 0.224 e. The average Bonchev–Trinajstić information content (AvgIpc) is 3.27. The quantitative estimate of drug-likeness (QED) is 0.286. The molecule has 1 aliphatic heterocycles. The van der Waals surface area contributed by atoms with Crippen LogP contribution in [0.5, 0.6) is 17.4 Å². The number of aromatic nitrogens is 2. The van der Waals surface area contributed by atoms with Gasteiger partial charge in [0.1, 0.15) is 23.9 Å². The Kier molecular flexibility index (Phi) is 7.88. The van der Waals surface area contributed by atoms with Crippen molar-refractivity contribution in [1.29, 1.82) is 0 Å². The number of H-pyrrole nitrogens is 1. The molecular formula is C29H36N4O3. The molecule has 3 heterocycles. The number of nitrogens with zero attached hydrogens (tertiary/aromatic N) is 3. The lowest BCUT2D eigenvalue weighted by Crippen LogP contribution is -2.38. The molecule has 0 amide bonds. The van der Waals surface area contributed by atoms with Gasteiger partial charge in [0.15, 0.2) is 0 Å². The minimum absolute atomic E-state index is 0.547. The highest BCUT2D eigenvalue weighted by Gasteiger charge is 2.14. The Morgan fingerprint density at radius 3 is 2.50 bits per heavy atom. The number of morpholine rings is 1. The van der Waals surface area contributed by atoms with Crippen molar-refractivity contribution in [3.8, 4) is 17.4 Å². The number of hydrogen-bond donors (Lipinski definition) is 1. The van der Waals surface area contributed by atoms with E-state index in [1.165, 1.54) is 5.39 Å². The van der Waals surface area contributed by atoms with Crippen molar-refractivity contribution in [2.24, 2.45) is 0 Å². The van der Waals surface area contributed by atoms with Crippen LogP contribution in [0, 0.1) is 0 Å². The number of nitrogens with one attached hydrogen (secondary N) is 1. The highest BCUT2D eigenvalue weighted by molar-refractivity contribution is 6.07. The van der Waals surface area contributed by atoms with Gasteiger partial charge < -0.3 is 24.1 Å². The molecule has 1 N–H and O–H groups in total. The van der Waals surface area contributed by atoms with Crippen LogP contribution in [0.1, 0.15) is 26.7 Å². The van der Waals surface area contributed by atoms with Crippen LogP contribution in [0.25, 0.3) is 21.8 Å². The summed E-state index contributed by atoms with van der Waals surface area (Å²) < 4.78 is 18.0. The van der Waals surface area contributed by atoms with Crippen LogP contribution < -0.4 is 14.4 Å². The highest BCUT2D eigenvalue weighted by Crippen LogP contribution is 2.32. The molecule has 7 heteroatoms. The lowest BCUT2D eigenvalue weighted by atomic mass is 10.1. The molecule has 0 bridgehead atoms. The zero-order valence-corrected chi connectivity index (χ0v) is 21.3. The van der Waals surface area contributed by atoms with E-state index in [-0.39, 0.29) is 0 Å². The average molecular weight is 489 g/mol. The lowest BCUT2D eigenvalue weighted by molar-refractivity contribution is 0.0322. The van der Waals surface area contributed by atoms with Crippen molar-refractivity contribution in [3.63, 3.8) is 0 Å². The standard InChI is InChI=1S/C29H36N4O3/c1-3-11-33(12-4-2)28-20-23(35-18-15-32-13-16-34-17-14-32)21-29(31-28)36-22-9-10-27-25(19-22)24-7-5-6-8-26(24)30-27/h5-10,19-21,30H,3-4,11-18H2,1-2H3. The van der Waals surface area contributed by atoms with E-state index in [1.807, 2.05) is 24.3 Å². The van der Waals surface area contributed by atoms with Crippen LogP contribution in [0.15, 0.2) is 54.6 Å². The zero-order chi connectivity index (χ0) is 24.7. The van der Waals surface area contributed by atoms with Crippen LogP contribution >= 0.6 is 0 Å². The van der Waals surface area contributed by atoms with Crippen LogP contribution in [-0.4, -0.2) is 67.4 Å². The predicted octanol–water partition coefficient (Wildman–Crippen LogP) is 5.85. The minimum Gasteiger partial charge on any atom is -0.492 e. The number of benzene rings is 2. The minimum atomic E-state index is 0.547. The summed E-state index contributed by atoms with van der Waals surface area (Å²) in [7, 11) is 0. The fourth-order valence-electron chi connectivity index (χ4n) is 4.78. The van der Waals surface area contributed by atoms with Gasteiger partial charge in [0.05, 0.1) is 13.2 Å². The Bertz CT molecular complexity index is 1280. The smallest absolute Gasteiger partial charge is 0.224 e. The zero-order valence-electron chi connectivity index (χ0n) is 21.3. The number of aromatic amines is 1. The van der Waals surface area contributed by atoms with Crippen molar-refractivity contribution in [1.82, 2.24) is 14.9 Å². The first kappa shape index (κ1) is 24.4. The van der Waals surface area contributed by atoms with Gasteiger partial charge in [-0.05, 0) is 37.1 Å². The SMILES string of the molecule is CCCN(CCC)c1cc(OCCN2CCOCC2)cc(Oc2ccc3[nH]c4ccccc4c3c2)n1. The van der Waals surface area contributed by atoms with Gasteiger partial charge in [-0.3, -0.25) is 4.90 Å². The van der Waals surface area contributed by atoms with E-state index in [4.69, 9.17) is 19.2 Å². The second kappa shape index (κ2) is 11.6. The summed E-state index contributed by atoms with van der Waals surface area (Å²) in [4.78, 5) is 13.0. The first-order valence-corrected chi connectivity index (χ1v) is 13.1. The van der Waals surface area contributed by atoms with Gasteiger partial charge in [-0.25, -0.2) is 0 Å². The molecule has 2 aromatic carbocycles. The molecule has 2 aromatic heterocycles. The molecule has 1 aliphatic rings. The molecule has 7 nitrogen and oxygen atoms in total. The van der Waals surface area contributed by atoms with Gasteiger partial charge in [-0.2, -0.15) is 4.98 Å². The number of rotatable bonds is 11. The fourth-order valence-corrected chi connectivity index (χ4v) is 4.78. The normalized spacial score (nSPS) is 14.4. The first-order chi connectivity index (χ1) is 17.7. The second-order valence-corrected chi connectivity index (χ2v) is 9.27. The summed E-state index contributed by atoms with van der Waals surface area (Å²) >= 11 is 0. The van der Waals surface area contributed by atoms with E-state index in [0.717, 1.165) is 92.5 Å². The number of pyridine rings is 1. The molecule has 4 aromatic rings. The Labute approximate surface area is 213 Å². The predicted molar refractivity (Wildman–Crippen MR) is 146 cm³/mol. The Balaban J connectivity index is 1.39. The maximum atomic E-state index is 6.33. The van der Waals surface area contributed by atoms with Crippen LogP contribution in [0.4, 0.5) is 5.82 Å². The van der Waals surface area contributed by atoms with E-state index < -0.39 is 0 Å². The van der Waals surface area contributed by atoms with Crippen molar-refractivity contribution in [3.05, 3.63) is 54.6 Å².